The van der Waals surface area contributed by atoms with Gasteiger partial charge >= 0.3 is 0 Å². The molecule has 0 fully saturated rings. The van der Waals surface area contributed by atoms with Crippen LogP contribution in [0.5, 0.6) is 0 Å². The van der Waals surface area contributed by atoms with E-state index in [9.17, 15) is 19.1 Å². The van der Waals surface area contributed by atoms with Gasteiger partial charge in [0.15, 0.2) is 11.5 Å². The summed E-state index contributed by atoms with van der Waals surface area (Å²) in [4.78, 5) is 27.1. The van der Waals surface area contributed by atoms with E-state index < -0.39 is 29.3 Å². The highest BCUT2D eigenvalue weighted by atomic mass is 35.5. The lowest BCUT2D eigenvalue weighted by atomic mass is 9.95. The molecule has 0 aliphatic carbocycles. The van der Waals surface area contributed by atoms with Crippen LogP contribution in [0.3, 0.4) is 0 Å². The van der Waals surface area contributed by atoms with Crippen molar-refractivity contribution in [3.63, 3.8) is 0 Å². The number of hydrogen-bond donors (Lipinski definition) is 1. The molecule has 1 amide bonds. The first kappa shape index (κ1) is 18.0. The van der Waals surface area contributed by atoms with Crippen molar-refractivity contribution >= 4 is 29.0 Å². The van der Waals surface area contributed by atoms with Crippen LogP contribution in [0.1, 0.15) is 22.2 Å². The van der Waals surface area contributed by atoms with E-state index in [1.807, 2.05) is 0 Å². The third-order valence-electron chi connectivity index (χ3n) is 4.47. The Morgan fingerprint density at radius 1 is 1.11 bits per heavy atom. The highest BCUT2D eigenvalue weighted by Gasteiger charge is 2.45. The molecule has 1 atom stereocenters. The number of hydrogen-bond acceptors (Lipinski definition) is 4. The summed E-state index contributed by atoms with van der Waals surface area (Å²) in [6, 6.07) is 13.8. The Morgan fingerprint density at radius 3 is 2.50 bits per heavy atom. The lowest BCUT2D eigenvalue weighted by molar-refractivity contribution is -0.117. The maximum atomic E-state index is 13.4. The molecule has 0 radical (unpaired) electrons. The molecule has 28 heavy (non-hydrogen) atoms. The maximum Gasteiger partial charge on any atom is 0.294 e. The zero-order valence-electron chi connectivity index (χ0n) is 14.3. The molecule has 2 aromatic carbocycles. The van der Waals surface area contributed by atoms with Gasteiger partial charge in [0.25, 0.3) is 5.91 Å². The summed E-state index contributed by atoms with van der Waals surface area (Å²) >= 11 is 6.06. The number of anilines is 1. The Morgan fingerprint density at radius 2 is 1.86 bits per heavy atom. The van der Waals surface area contributed by atoms with Gasteiger partial charge in [-0.1, -0.05) is 29.8 Å². The topological polar surface area (TPSA) is 70.8 Å². The number of benzene rings is 2. The van der Waals surface area contributed by atoms with E-state index in [1.165, 1.54) is 47.6 Å². The predicted octanol–water partition coefficient (Wildman–Crippen LogP) is 4.86. The first-order chi connectivity index (χ1) is 13.5. The van der Waals surface area contributed by atoms with Gasteiger partial charge in [-0.15, -0.1) is 0 Å². The van der Waals surface area contributed by atoms with Crippen molar-refractivity contribution in [2.24, 2.45) is 0 Å². The number of nitrogens with zero attached hydrogens (tertiary/aromatic N) is 1. The zero-order valence-corrected chi connectivity index (χ0v) is 15.1. The van der Waals surface area contributed by atoms with E-state index in [2.05, 4.69) is 0 Å². The molecular formula is C21H13ClFNO4. The Hall–Kier alpha value is -3.38. The van der Waals surface area contributed by atoms with Crippen LogP contribution in [-0.4, -0.2) is 16.8 Å². The van der Waals surface area contributed by atoms with Crippen LogP contribution in [0.15, 0.2) is 82.7 Å². The van der Waals surface area contributed by atoms with Crippen molar-refractivity contribution in [2.75, 3.05) is 4.90 Å². The fourth-order valence-corrected chi connectivity index (χ4v) is 3.41. The predicted molar refractivity (Wildman–Crippen MR) is 101 cm³/mol. The van der Waals surface area contributed by atoms with Crippen LogP contribution < -0.4 is 4.90 Å². The maximum absolute atomic E-state index is 13.4. The summed E-state index contributed by atoms with van der Waals surface area (Å²) in [6.45, 7) is 0. The molecule has 7 heteroatoms. The molecule has 1 aliphatic rings. The minimum atomic E-state index is -0.968. The lowest BCUT2D eigenvalue weighted by Crippen LogP contribution is -2.31. The Balaban J connectivity index is 1.89. The van der Waals surface area contributed by atoms with Gasteiger partial charge in [0.2, 0.25) is 5.78 Å². The molecule has 140 valence electrons. The number of aliphatic hydroxyl groups excluding tert-OH is 1. The van der Waals surface area contributed by atoms with Crippen LogP contribution in [-0.2, 0) is 4.79 Å². The molecule has 1 aromatic heterocycles. The third-order valence-corrected chi connectivity index (χ3v) is 4.70. The number of Topliss-reactive ketones (excluding diaryl/α,β-unsaturated/α-hetero) is 1. The fourth-order valence-electron chi connectivity index (χ4n) is 3.23. The number of carbonyl (C=O) groups excluding carboxylic acids is 2. The van der Waals surface area contributed by atoms with Crippen molar-refractivity contribution in [1.82, 2.24) is 0 Å². The standard InChI is InChI=1S/C21H13ClFNO4/c22-13-3-1-4-15(11-13)24-18(12-6-8-14(23)9-7-12)17(20(26)21(24)27)19(25)16-5-2-10-28-16/h1-11,18,26H. The monoisotopic (exact) mass is 397 g/mol. The summed E-state index contributed by atoms with van der Waals surface area (Å²) in [5.74, 6) is -2.55. The molecule has 1 unspecified atom stereocenters. The van der Waals surface area contributed by atoms with Gasteiger partial charge in [0.05, 0.1) is 17.9 Å². The SMILES string of the molecule is O=C(C1=C(O)C(=O)N(c2cccc(Cl)c2)C1c1ccc(F)cc1)c1ccco1. The van der Waals surface area contributed by atoms with Gasteiger partial charge in [0.1, 0.15) is 5.82 Å². The van der Waals surface area contributed by atoms with Gasteiger partial charge in [0, 0.05) is 10.7 Å². The molecular weight excluding hydrogens is 385 g/mol. The van der Waals surface area contributed by atoms with E-state index in [0.717, 1.165) is 0 Å². The van der Waals surface area contributed by atoms with Gasteiger partial charge in [-0.2, -0.15) is 0 Å². The minimum Gasteiger partial charge on any atom is -0.503 e. The molecule has 0 saturated carbocycles. The molecule has 1 N–H and O–H groups in total. The molecule has 2 heterocycles. The Kier molecular flexibility index (Phi) is 4.49. The zero-order chi connectivity index (χ0) is 19.8. The average Bonchev–Trinajstić information content (AvgIpc) is 3.30. The van der Waals surface area contributed by atoms with Crippen molar-refractivity contribution < 1.29 is 23.5 Å². The van der Waals surface area contributed by atoms with Gasteiger partial charge in [-0.25, -0.2) is 4.39 Å². The molecule has 0 bridgehead atoms. The van der Waals surface area contributed by atoms with Crippen LogP contribution in [0.25, 0.3) is 0 Å². The van der Waals surface area contributed by atoms with Gasteiger partial charge in [-0.05, 0) is 48.0 Å². The van der Waals surface area contributed by atoms with Crippen molar-refractivity contribution in [1.29, 1.82) is 0 Å². The van der Waals surface area contributed by atoms with Gasteiger partial charge < -0.3 is 9.52 Å². The average molecular weight is 398 g/mol. The molecule has 4 rings (SSSR count). The quantitative estimate of drug-likeness (QED) is 0.638. The first-order valence-corrected chi connectivity index (χ1v) is 8.71. The van der Waals surface area contributed by atoms with E-state index in [1.54, 1.807) is 24.3 Å². The normalized spacial score (nSPS) is 16.7. The van der Waals surface area contributed by atoms with Crippen LogP contribution in [0, 0.1) is 5.82 Å². The smallest absolute Gasteiger partial charge is 0.294 e. The molecule has 5 nitrogen and oxygen atoms in total. The lowest BCUT2D eigenvalue weighted by Gasteiger charge is -2.27. The van der Waals surface area contributed by atoms with Crippen LogP contribution in [0.4, 0.5) is 10.1 Å². The fraction of sp³-hybridized carbons (Fsp3) is 0.0476. The number of furan rings is 1. The van der Waals surface area contributed by atoms with E-state index in [4.69, 9.17) is 16.0 Å². The largest absolute Gasteiger partial charge is 0.503 e. The highest BCUT2D eigenvalue weighted by molar-refractivity contribution is 6.31. The second-order valence-electron chi connectivity index (χ2n) is 6.18. The van der Waals surface area contributed by atoms with Crippen LogP contribution in [0.2, 0.25) is 5.02 Å². The summed E-state index contributed by atoms with van der Waals surface area (Å²) in [7, 11) is 0. The van der Waals surface area contributed by atoms with E-state index in [0.29, 0.717) is 16.3 Å². The van der Waals surface area contributed by atoms with Crippen LogP contribution >= 0.6 is 11.6 Å². The molecule has 3 aromatic rings. The number of aliphatic hydroxyl groups is 1. The first-order valence-electron chi connectivity index (χ1n) is 8.33. The van der Waals surface area contributed by atoms with Crippen molar-refractivity contribution in [2.45, 2.75) is 6.04 Å². The Labute approximate surface area is 164 Å². The van der Waals surface area contributed by atoms with E-state index >= 15 is 0 Å². The molecule has 0 saturated heterocycles. The number of amides is 1. The van der Waals surface area contributed by atoms with Crippen molar-refractivity contribution in [3.8, 4) is 0 Å². The van der Waals surface area contributed by atoms with Crippen molar-refractivity contribution in [3.05, 3.63) is 100 Å². The third kappa shape index (κ3) is 2.97. The number of ketones is 1. The Bertz CT molecular complexity index is 1090. The van der Waals surface area contributed by atoms with Gasteiger partial charge in [-0.3, -0.25) is 14.5 Å². The second kappa shape index (κ2) is 6.98. The second-order valence-corrected chi connectivity index (χ2v) is 6.61. The summed E-state index contributed by atoms with van der Waals surface area (Å²) in [6.07, 6.45) is 1.32. The number of rotatable bonds is 4. The molecule has 1 aliphatic heterocycles. The molecule has 0 spiro atoms. The minimum absolute atomic E-state index is 0.0191. The summed E-state index contributed by atoms with van der Waals surface area (Å²) < 4.78 is 18.6. The number of carbonyl (C=O) groups is 2. The number of halogens is 2. The van der Waals surface area contributed by atoms with E-state index in [-0.39, 0.29) is 11.3 Å². The summed E-state index contributed by atoms with van der Waals surface area (Å²) in [5.41, 5.74) is 0.695. The highest BCUT2D eigenvalue weighted by Crippen LogP contribution is 2.42. The summed E-state index contributed by atoms with van der Waals surface area (Å²) in [5, 5.41) is 10.9.